The Morgan fingerprint density at radius 1 is 0.925 bits per heavy atom. The van der Waals surface area contributed by atoms with Gasteiger partial charge in [0.25, 0.3) is 0 Å². The van der Waals surface area contributed by atoms with Gasteiger partial charge in [-0.3, -0.25) is 14.6 Å². The number of likely N-dealkylation sites (tertiary alicyclic amines) is 2. The molecule has 1 aliphatic carbocycles. The van der Waals surface area contributed by atoms with Crippen molar-refractivity contribution >= 4 is 61.2 Å². The summed E-state index contributed by atoms with van der Waals surface area (Å²) in [6.45, 7) is 2.42. The van der Waals surface area contributed by atoms with E-state index < -0.39 is 18.3 Å². The quantitative estimate of drug-likeness (QED) is 0.351. The van der Waals surface area contributed by atoms with Crippen molar-refractivity contribution in [3.63, 3.8) is 0 Å². The summed E-state index contributed by atoms with van der Waals surface area (Å²) >= 11 is 13.8. The minimum absolute atomic E-state index is 0. The number of carboxylic acid groups (broad SMARTS) is 1. The monoisotopic (exact) mass is 685 g/mol. The van der Waals surface area contributed by atoms with E-state index in [1.165, 1.54) is 16.7 Å². The van der Waals surface area contributed by atoms with Crippen LogP contribution < -0.4 is 24.0 Å². The Bertz CT molecular complexity index is 1280. The Labute approximate surface area is 268 Å². The summed E-state index contributed by atoms with van der Waals surface area (Å²) < 4.78 is 2.01. The maximum atomic E-state index is 13.2. The molecule has 2 fully saturated rings. The number of aryl methyl sites for hydroxylation is 2. The SMILES string of the molecule is O=C([O-])CC(=O)N1CCC(CC(=O)N2CCC([C@H]3c4ncc(Br)cc4CCc4cc(Cl)cc(Br)c43)CC2)CC1.[Li+]. The Kier molecular flexibility index (Phi) is 10.8. The zero-order chi connectivity index (χ0) is 27.7. The summed E-state index contributed by atoms with van der Waals surface area (Å²) in [5.74, 6) is -0.877. The van der Waals surface area contributed by atoms with E-state index in [9.17, 15) is 19.5 Å². The topological polar surface area (TPSA) is 93.6 Å². The molecule has 0 spiro atoms. The Hall–Kier alpha value is -1.37. The number of benzene rings is 1. The largest absolute Gasteiger partial charge is 1.00 e. The summed E-state index contributed by atoms with van der Waals surface area (Å²) in [6, 6.07) is 6.26. The van der Waals surface area contributed by atoms with Gasteiger partial charge in [-0.15, -0.1) is 0 Å². The molecule has 0 saturated carbocycles. The van der Waals surface area contributed by atoms with Crippen molar-refractivity contribution in [1.29, 1.82) is 0 Å². The second kappa shape index (κ2) is 13.7. The van der Waals surface area contributed by atoms with Crippen LogP contribution in [0.2, 0.25) is 5.02 Å². The molecule has 2 saturated heterocycles. The minimum Gasteiger partial charge on any atom is -0.550 e. The van der Waals surface area contributed by atoms with Gasteiger partial charge in [-0.05, 0) is 101 Å². The molecule has 3 aliphatic rings. The number of nitrogens with zero attached hydrogens (tertiary/aromatic N) is 3. The van der Waals surface area contributed by atoms with Crippen molar-refractivity contribution in [3.05, 3.63) is 60.7 Å². The van der Waals surface area contributed by atoms with Crippen LogP contribution >= 0.6 is 43.5 Å². The van der Waals surface area contributed by atoms with E-state index in [-0.39, 0.29) is 36.6 Å². The van der Waals surface area contributed by atoms with Crippen molar-refractivity contribution < 1.29 is 38.4 Å². The van der Waals surface area contributed by atoms with Gasteiger partial charge in [0.1, 0.15) is 0 Å². The van der Waals surface area contributed by atoms with Crippen molar-refractivity contribution in [2.75, 3.05) is 26.2 Å². The molecule has 11 heteroatoms. The second-order valence-corrected chi connectivity index (χ2v) is 13.1. The van der Waals surface area contributed by atoms with Gasteiger partial charge in [-0.1, -0.05) is 27.5 Å². The maximum absolute atomic E-state index is 13.2. The number of piperidine rings is 2. The summed E-state index contributed by atoms with van der Waals surface area (Å²) in [5.41, 5.74) is 4.93. The number of hydrogen-bond donors (Lipinski definition) is 0. The first kappa shape index (κ1) is 31.6. The number of rotatable bonds is 5. The molecule has 2 aliphatic heterocycles. The van der Waals surface area contributed by atoms with Gasteiger partial charge in [-0.25, -0.2) is 0 Å². The van der Waals surface area contributed by atoms with Gasteiger partial charge < -0.3 is 19.7 Å². The van der Waals surface area contributed by atoms with Gasteiger partial charge in [-0.2, -0.15) is 0 Å². The average molecular weight is 688 g/mol. The van der Waals surface area contributed by atoms with Gasteiger partial charge in [0.2, 0.25) is 11.8 Å². The molecule has 2 amide bonds. The molecule has 7 nitrogen and oxygen atoms in total. The number of carbonyl (C=O) groups excluding carboxylic acids is 3. The molecule has 0 radical (unpaired) electrons. The Balaban J connectivity index is 0.00000370. The van der Waals surface area contributed by atoms with Gasteiger partial charge in [0, 0.05) is 58.7 Å². The normalized spacial score (nSPS) is 19.7. The molecule has 1 aromatic heterocycles. The number of halogens is 3. The van der Waals surface area contributed by atoms with E-state index >= 15 is 0 Å². The summed E-state index contributed by atoms with van der Waals surface area (Å²) in [5, 5.41) is 11.5. The fourth-order valence-corrected chi connectivity index (χ4v) is 8.01. The van der Waals surface area contributed by atoms with Crippen LogP contribution in [-0.2, 0) is 27.2 Å². The first-order valence-electron chi connectivity index (χ1n) is 13.6. The fraction of sp³-hybridized carbons (Fsp3) is 0.517. The van der Waals surface area contributed by atoms with E-state index in [1.807, 2.05) is 17.2 Å². The number of aromatic nitrogens is 1. The molecular weight excluding hydrogens is 657 g/mol. The van der Waals surface area contributed by atoms with Gasteiger partial charge >= 0.3 is 18.9 Å². The van der Waals surface area contributed by atoms with E-state index in [1.54, 1.807) is 4.90 Å². The number of aliphatic carboxylic acids is 1. The number of carboxylic acids is 1. The second-order valence-electron chi connectivity index (χ2n) is 10.9. The Morgan fingerprint density at radius 2 is 1.55 bits per heavy atom. The van der Waals surface area contributed by atoms with Crippen molar-refractivity contribution in [1.82, 2.24) is 14.8 Å². The van der Waals surface area contributed by atoms with Crippen molar-refractivity contribution in [2.45, 2.75) is 57.3 Å². The number of amides is 2. The molecular formula is C29H31Br2ClLiN3O4. The predicted molar refractivity (Wildman–Crippen MR) is 153 cm³/mol. The number of fused-ring (bicyclic) bond motifs is 2. The zero-order valence-electron chi connectivity index (χ0n) is 22.6. The van der Waals surface area contributed by atoms with E-state index in [0.717, 1.165) is 58.4 Å². The molecule has 2 aromatic rings. The molecule has 40 heavy (non-hydrogen) atoms. The van der Waals surface area contributed by atoms with Crippen LogP contribution in [-0.4, -0.2) is 58.7 Å². The molecule has 1 aromatic carbocycles. The van der Waals surface area contributed by atoms with Crippen molar-refractivity contribution in [2.24, 2.45) is 11.8 Å². The summed E-state index contributed by atoms with van der Waals surface area (Å²) in [4.78, 5) is 44.4. The zero-order valence-corrected chi connectivity index (χ0v) is 26.6. The molecule has 208 valence electrons. The van der Waals surface area contributed by atoms with Crippen LogP contribution in [0.1, 0.15) is 66.8 Å². The summed E-state index contributed by atoms with van der Waals surface area (Å²) in [6.07, 6.45) is 6.83. The minimum atomic E-state index is -1.35. The van der Waals surface area contributed by atoms with Crippen LogP contribution in [0.3, 0.4) is 0 Å². The molecule has 0 bridgehead atoms. The number of pyridine rings is 1. The molecule has 3 heterocycles. The van der Waals surface area contributed by atoms with Crippen LogP contribution in [0.5, 0.6) is 0 Å². The van der Waals surface area contributed by atoms with E-state index in [4.69, 9.17) is 16.6 Å². The van der Waals surface area contributed by atoms with Gasteiger partial charge in [0.05, 0.1) is 18.1 Å². The third kappa shape index (κ3) is 7.15. The molecule has 0 unspecified atom stereocenters. The van der Waals surface area contributed by atoms with E-state index in [0.29, 0.717) is 38.3 Å². The number of carbonyl (C=O) groups is 3. The van der Waals surface area contributed by atoms with Crippen molar-refractivity contribution in [3.8, 4) is 0 Å². The van der Waals surface area contributed by atoms with Crippen LogP contribution in [0.25, 0.3) is 0 Å². The Morgan fingerprint density at radius 3 is 2.23 bits per heavy atom. The van der Waals surface area contributed by atoms with E-state index in [2.05, 4.69) is 44.0 Å². The first-order valence-corrected chi connectivity index (χ1v) is 15.5. The molecule has 1 atom stereocenters. The number of hydrogen-bond acceptors (Lipinski definition) is 5. The van der Waals surface area contributed by atoms with Gasteiger partial charge in [0.15, 0.2) is 0 Å². The average Bonchev–Trinajstić information content (AvgIpc) is 3.05. The van der Waals surface area contributed by atoms with Crippen LogP contribution in [0.15, 0.2) is 33.3 Å². The van der Waals surface area contributed by atoms with Crippen LogP contribution in [0.4, 0.5) is 0 Å². The molecule has 0 N–H and O–H groups in total. The third-order valence-corrected chi connectivity index (χ3v) is 9.82. The predicted octanol–water partition coefficient (Wildman–Crippen LogP) is 1.50. The third-order valence-electron chi connectivity index (χ3n) is 8.51. The first-order chi connectivity index (χ1) is 18.7. The summed E-state index contributed by atoms with van der Waals surface area (Å²) in [7, 11) is 0. The smallest absolute Gasteiger partial charge is 0.550 e. The standard InChI is InChI=1S/C29H32Br2ClN3O4.Li/c30-21-12-20-2-1-19-13-22(32)14-23(31)27(19)28(29(20)33-16-21)18-5-9-35(10-6-18)24(36)11-17-3-7-34(8-4-17)25(37)15-26(38)39;/h12-14,16-18,28H,1-11,15H2,(H,38,39);/q;+1/p-1/t28-;/m1./s1. The maximum Gasteiger partial charge on any atom is 1.00 e. The molecule has 5 rings (SSSR count). The van der Waals surface area contributed by atoms with Crippen LogP contribution in [0, 0.1) is 11.8 Å². The fourth-order valence-electron chi connectivity index (χ4n) is 6.51.